The van der Waals surface area contributed by atoms with Gasteiger partial charge in [0.15, 0.2) is 0 Å². The van der Waals surface area contributed by atoms with Crippen LogP contribution < -0.4 is 5.32 Å². The van der Waals surface area contributed by atoms with Crippen molar-refractivity contribution in [3.63, 3.8) is 0 Å². The number of thiophene rings is 1. The molecule has 0 amide bonds. The van der Waals surface area contributed by atoms with Crippen molar-refractivity contribution in [1.29, 1.82) is 0 Å². The number of carboxylic acid groups (broad SMARTS) is 1. The number of nitrogens with one attached hydrogen (secondary N) is 1. The van der Waals surface area contributed by atoms with E-state index in [0.29, 0.717) is 6.04 Å². The zero-order valence-electron chi connectivity index (χ0n) is 8.90. The summed E-state index contributed by atoms with van der Waals surface area (Å²) in [6.07, 6.45) is 1.94. The fraction of sp³-hybridized carbons (Fsp3) is 0.545. The van der Waals surface area contributed by atoms with Crippen LogP contribution in [0, 0.1) is 0 Å². The number of rotatable bonds is 7. The Morgan fingerprint density at radius 1 is 1.60 bits per heavy atom. The van der Waals surface area contributed by atoms with E-state index in [0.717, 1.165) is 19.4 Å². The molecule has 84 valence electrons. The second-order valence-corrected chi connectivity index (χ2v) is 4.52. The molecule has 0 saturated carbocycles. The van der Waals surface area contributed by atoms with Crippen molar-refractivity contribution >= 4 is 17.3 Å². The number of hydrogen-bond donors (Lipinski definition) is 2. The molecule has 0 aliphatic rings. The second-order valence-electron chi connectivity index (χ2n) is 3.54. The standard InChI is InChI=1S/C11H17NO2S/c1-9(10-5-4-8-15-10)12-7-3-2-6-11(13)14/h4-5,8-9,12H,2-3,6-7H2,1H3,(H,13,14)/t9-/m1/s1. The Kier molecular flexibility index (Phi) is 5.36. The van der Waals surface area contributed by atoms with Gasteiger partial charge in [0.1, 0.15) is 0 Å². The van der Waals surface area contributed by atoms with Crippen LogP contribution in [0.1, 0.15) is 37.1 Å². The molecular weight excluding hydrogens is 210 g/mol. The van der Waals surface area contributed by atoms with Crippen molar-refractivity contribution in [1.82, 2.24) is 5.32 Å². The normalized spacial score (nSPS) is 12.6. The molecule has 1 aromatic rings. The summed E-state index contributed by atoms with van der Waals surface area (Å²) in [5, 5.41) is 13.9. The maximum atomic E-state index is 10.3. The van der Waals surface area contributed by atoms with E-state index >= 15 is 0 Å². The number of carboxylic acids is 1. The highest BCUT2D eigenvalue weighted by Gasteiger charge is 2.04. The molecule has 0 fully saturated rings. The van der Waals surface area contributed by atoms with Gasteiger partial charge >= 0.3 is 5.97 Å². The van der Waals surface area contributed by atoms with E-state index in [1.807, 2.05) is 6.07 Å². The predicted octanol–water partition coefficient (Wildman–Crippen LogP) is 2.65. The molecule has 2 N–H and O–H groups in total. The van der Waals surface area contributed by atoms with Gasteiger partial charge in [0.05, 0.1) is 0 Å². The number of aliphatic carboxylic acids is 1. The zero-order valence-corrected chi connectivity index (χ0v) is 9.72. The average molecular weight is 227 g/mol. The van der Waals surface area contributed by atoms with E-state index in [1.54, 1.807) is 11.3 Å². The smallest absolute Gasteiger partial charge is 0.303 e. The van der Waals surface area contributed by atoms with E-state index in [4.69, 9.17) is 5.11 Å². The molecule has 0 aliphatic carbocycles. The van der Waals surface area contributed by atoms with Crippen molar-refractivity contribution in [2.75, 3.05) is 6.54 Å². The zero-order chi connectivity index (χ0) is 11.1. The third-order valence-corrected chi connectivity index (χ3v) is 3.29. The lowest BCUT2D eigenvalue weighted by Crippen LogP contribution is -2.19. The van der Waals surface area contributed by atoms with Crippen molar-refractivity contribution in [2.45, 2.75) is 32.2 Å². The van der Waals surface area contributed by atoms with Gasteiger partial charge in [0.2, 0.25) is 0 Å². The van der Waals surface area contributed by atoms with Crippen LogP contribution >= 0.6 is 11.3 Å². The van der Waals surface area contributed by atoms with Crippen LogP contribution in [0.2, 0.25) is 0 Å². The van der Waals surface area contributed by atoms with Gasteiger partial charge in [-0.05, 0) is 37.8 Å². The lowest BCUT2D eigenvalue weighted by atomic mass is 10.2. The second kappa shape index (κ2) is 6.58. The van der Waals surface area contributed by atoms with Crippen molar-refractivity contribution in [2.24, 2.45) is 0 Å². The van der Waals surface area contributed by atoms with Gasteiger partial charge < -0.3 is 10.4 Å². The van der Waals surface area contributed by atoms with Gasteiger partial charge in [-0.1, -0.05) is 6.07 Å². The van der Waals surface area contributed by atoms with Crippen LogP contribution in [0.5, 0.6) is 0 Å². The molecule has 1 aromatic heterocycles. The summed E-state index contributed by atoms with van der Waals surface area (Å²) in [5.74, 6) is -0.707. The van der Waals surface area contributed by atoms with Crippen LogP contribution in [0.4, 0.5) is 0 Å². The van der Waals surface area contributed by atoms with E-state index < -0.39 is 5.97 Å². The Morgan fingerprint density at radius 2 is 2.40 bits per heavy atom. The van der Waals surface area contributed by atoms with E-state index in [9.17, 15) is 4.79 Å². The minimum atomic E-state index is -0.707. The van der Waals surface area contributed by atoms with Crippen LogP contribution in [-0.4, -0.2) is 17.6 Å². The fourth-order valence-corrected chi connectivity index (χ4v) is 2.12. The van der Waals surface area contributed by atoms with Gasteiger partial charge in [-0.3, -0.25) is 4.79 Å². The summed E-state index contributed by atoms with van der Waals surface area (Å²) in [6.45, 7) is 3.01. The highest BCUT2D eigenvalue weighted by atomic mass is 32.1. The first kappa shape index (κ1) is 12.2. The maximum absolute atomic E-state index is 10.3. The van der Waals surface area contributed by atoms with E-state index in [2.05, 4.69) is 23.7 Å². The SMILES string of the molecule is C[C@@H](NCCCCC(=O)O)c1cccs1. The lowest BCUT2D eigenvalue weighted by molar-refractivity contribution is -0.137. The highest BCUT2D eigenvalue weighted by Crippen LogP contribution is 2.17. The minimum Gasteiger partial charge on any atom is -0.481 e. The van der Waals surface area contributed by atoms with Crippen LogP contribution in [-0.2, 0) is 4.79 Å². The Hall–Kier alpha value is -0.870. The van der Waals surface area contributed by atoms with Crippen molar-refractivity contribution < 1.29 is 9.90 Å². The lowest BCUT2D eigenvalue weighted by Gasteiger charge is -2.11. The molecule has 0 bridgehead atoms. The predicted molar refractivity (Wildman–Crippen MR) is 62.2 cm³/mol. The van der Waals surface area contributed by atoms with Crippen LogP contribution in [0.3, 0.4) is 0 Å². The molecule has 1 rings (SSSR count). The molecule has 0 saturated heterocycles. The molecule has 3 nitrogen and oxygen atoms in total. The molecular formula is C11H17NO2S. The molecule has 4 heteroatoms. The van der Waals surface area contributed by atoms with Gasteiger partial charge in [0.25, 0.3) is 0 Å². The third kappa shape index (κ3) is 4.95. The Labute approximate surface area is 94.1 Å². The third-order valence-electron chi connectivity index (χ3n) is 2.24. The number of carbonyl (C=O) groups is 1. The van der Waals surface area contributed by atoms with Gasteiger partial charge in [0, 0.05) is 17.3 Å². The summed E-state index contributed by atoms with van der Waals surface area (Å²) < 4.78 is 0. The average Bonchev–Trinajstić information content (AvgIpc) is 2.69. The summed E-state index contributed by atoms with van der Waals surface area (Å²) >= 11 is 1.74. The molecule has 1 heterocycles. The largest absolute Gasteiger partial charge is 0.481 e. The Balaban J connectivity index is 2.08. The summed E-state index contributed by atoms with van der Waals surface area (Å²) in [5.41, 5.74) is 0. The van der Waals surface area contributed by atoms with Crippen molar-refractivity contribution in [3.8, 4) is 0 Å². The van der Waals surface area contributed by atoms with Gasteiger partial charge in [-0.25, -0.2) is 0 Å². The minimum absolute atomic E-state index is 0.273. The quantitative estimate of drug-likeness (QED) is 0.704. The fourth-order valence-electron chi connectivity index (χ4n) is 1.36. The topological polar surface area (TPSA) is 49.3 Å². The van der Waals surface area contributed by atoms with Crippen LogP contribution in [0.15, 0.2) is 17.5 Å². The molecule has 0 spiro atoms. The maximum Gasteiger partial charge on any atom is 0.303 e. The molecule has 15 heavy (non-hydrogen) atoms. The molecule has 0 radical (unpaired) electrons. The first-order valence-corrected chi connectivity index (χ1v) is 6.06. The first-order chi connectivity index (χ1) is 7.20. The summed E-state index contributed by atoms with van der Waals surface area (Å²) in [7, 11) is 0. The molecule has 0 unspecified atom stereocenters. The number of hydrogen-bond acceptors (Lipinski definition) is 3. The van der Waals surface area contributed by atoms with Crippen molar-refractivity contribution in [3.05, 3.63) is 22.4 Å². The Bertz CT molecular complexity index is 285. The molecule has 0 aromatic carbocycles. The first-order valence-electron chi connectivity index (χ1n) is 5.18. The monoisotopic (exact) mass is 227 g/mol. The van der Waals surface area contributed by atoms with Gasteiger partial charge in [-0.2, -0.15) is 0 Å². The summed E-state index contributed by atoms with van der Waals surface area (Å²) in [6, 6.07) is 4.53. The molecule has 1 atom stereocenters. The highest BCUT2D eigenvalue weighted by molar-refractivity contribution is 7.10. The van der Waals surface area contributed by atoms with E-state index in [-0.39, 0.29) is 6.42 Å². The van der Waals surface area contributed by atoms with Gasteiger partial charge in [-0.15, -0.1) is 11.3 Å². The summed E-state index contributed by atoms with van der Waals surface area (Å²) in [4.78, 5) is 11.6. The number of unbranched alkanes of at least 4 members (excludes halogenated alkanes) is 1. The molecule has 0 aliphatic heterocycles. The Morgan fingerprint density at radius 3 is 3.00 bits per heavy atom. The van der Waals surface area contributed by atoms with E-state index in [1.165, 1.54) is 4.88 Å². The van der Waals surface area contributed by atoms with Crippen LogP contribution in [0.25, 0.3) is 0 Å².